The second kappa shape index (κ2) is 17.4. The van der Waals surface area contributed by atoms with Gasteiger partial charge in [0.2, 0.25) is 6.29 Å². The third-order valence-corrected chi connectivity index (χ3v) is 14.5. The molecule has 4 fully saturated rings. The minimum Gasteiger partial charge on any atom is -0.486 e. The summed E-state index contributed by atoms with van der Waals surface area (Å²) in [5.74, 6) is 3.28. The zero-order valence-electron chi connectivity index (χ0n) is 33.2. The van der Waals surface area contributed by atoms with E-state index >= 15 is 0 Å². The van der Waals surface area contributed by atoms with Crippen LogP contribution in [0.2, 0.25) is 0 Å². The van der Waals surface area contributed by atoms with E-state index in [9.17, 15) is 23.4 Å². The molecule has 2 aromatic carbocycles. The van der Waals surface area contributed by atoms with Crippen LogP contribution in [0.25, 0.3) is 0 Å². The Morgan fingerprint density at radius 3 is 1.51 bits per heavy atom. The van der Waals surface area contributed by atoms with Crippen molar-refractivity contribution >= 4 is 30.5 Å². The summed E-state index contributed by atoms with van der Waals surface area (Å²) in [7, 11) is 4.57. The van der Waals surface area contributed by atoms with Gasteiger partial charge in [0.1, 0.15) is 23.7 Å². The van der Waals surface area contributed by atoms with E-state index in [1.54, 1.807) is 0 Å². The highest BCUT2D eigenvalue weighted by atomic mass is 35.5. The molecule has 10 nitrogen and oxygen atoms in total. The zero-order chi connectivity index (χ0) is 40.2. The fraction of sp³-hybridized carbons (Fsp3) is 0.690. The summed E-state index contributed by atoms with van der Waals surface area (Å²) >= 11 is 4.14. The molecule has 4 unspecified atom stereocenters. The molecule has 0 radical (unpaired) electrons. The van der Waals surface area contributed by atoms with Crippen LogP contribution in [-0.2, 0) is 51.2 Å². The van der Waals surface area contributed by atoms with Gasteiger partial charge in [-0.1, -0.05) is 24.3 Å². The Morgan fingerprint density at radius 1 is 0.789 bits per heavy atom. The first-order valence-electron chi connectivity index (χ1n) is 20.2. The Labute approximate surface area is 345 Å². The molecule has 2 saturated carbocycles. The number of aldehydes is 1. The molecule has 0 aromatic heterocycles. The molecule has 0 amide bonds. The molecule has 2 saturated heterocycles. The lowest BCUT2D eigenvalue weighted by atomic mass is 9.51. The smallest absolute Gasteiger partial charge is 0.446 e. The molecular formula is C42H58Cl2F3N3O7. The van der Waals surface area contributed by atoms with Gasteiger partial charge < -0.3 is 39.0 Å². The Bertz CT molecular complexity index is 1640. The molecule has 4 N–H and O–H groups in total. The SMILES string of the molecule is CCO[C@H]1CCC2C3Cc4ccc(CO)c5c4[C@@]2(CCN3C)[C@H]1O5.CCO[C@H]1CCC2C3Cc4ccc(CO)c5c4[C@@]2(CCN3C)[C@H]1O5.Cl.NCl.O=CC(F)(F)F. The maximum atomic E-state index is 10.4. The predicted molar refractivity (Wildman–Crippen MR) is 212 cm³/mol. The van der Waals surface area contributed by atoms with Crippen molar-refractivity contribution in [2.45, 2.75) is 132 Å². The number of rotatable bonds is 6. The van der Waals surface area contributed by atoms with Crippen LogP contribution in [-0.4, -0.2) is 109 Å². The van der Waals surface area contributed by atoms with Gasteiger partial charge in [0, 0.05) is 58.4 Å². The fourth-order valence-electron chi connectivity index (χ4n) is 12.5. The lowest BCUT2D eigenvalue weighted by Crippen LogP contribution is -2.66. The van der Waals surface area contributed by atoms with E-state index in [1.165, 1.54) is 35.1 Å². The molecule has 4 bridgehead atoms. The summed E-state index contributed by atoms with van der Waals surface area (Å²) in [6.45, 7) is 8.00. The van der Waals surface area contributed by atoms with Crippen molar-refractivity contribution in [3.63, 3.8) is 0 Å². The van der Waals surface area contributed by atoms with E-state index in [0.29, 0.717) is 23.9 Å². The van der Waals surface area contributed by atoms with Gasteiger partial charge >= 0.3 is 6.18 Å². The molecule has 2 aromatic rings. The Morgan fingerprint density at radius 2 is 1.18 bits per heavy atom. The Kier molecular flexibility index (Phi) is 13.6. The maximum Gasteiger partial charge on any atom is 0.446 e. The molecule has 10 rings (SSSR count). The van der Waals surface area contributed by atoms with E-state index in [4.69, 9.17) is 23.7 Å². The lowest BCUT2D eigenvalue weighted by molar-refractivity contribution is -0.156. The lowest BCUT2D eigenvalue weighted by Gasteiger charge is -2.58. The molecule has 57 heavy (non-hydrogen) atoms. The first-order valence-corrected chi connectivity index (χ1v) is 20.6. The Hall–Kier alpha value is -2.20. The predicted octanol–water partition coefficient (Wildman–Crippen LogP) is 5.77. The number of ether oxygens (including phenoxy) is 4. The minimum absolute atomic E-state index is 0. The van der Waals surface area contributed by atoms with E-state index in [-0.39, 0.29) is 60.9 Å². The monoisotopic (exact) mass is 843 g/mol. The summed E-state index contributed by atoms with van der Waals surface area (Å²) in [5.41, 5.74) is 7.83. The number of aliphatic hydroxyl groups excluding tert-OH is 2. The number of nitrogens with zero attached hydrogens (tertiary/aromatic N) is 2. The van der Waals surface area contributed by atoms with Gasteiger partial charge in [-0.15, -0.1) is 12.4 Å². The molecule has 4 aliphatic carbocycles. The third kappa shape index (κ3) is 7.08. The molecular weight excluding hydrogens is 786 g/mol. The van der Waals surface area contributed by atoms with Crippen molar-refractivity contribution in [1.82, 2.24) is 9.80 Å². The number of alkyl halides is 3. The van der Waals surface area contributed by atoms with Crippen LogP contribution in [0.5, 0.6) is 11.5 Å². The second-order valence-corrected chi connectivity index (χ2v) is 16.7. The number of hydrogen-bond acceptors (Lipinski definition) is 10. The number of benzene rings is 2. The number of carbonyl (C=O) groups is 1. The number of aliphatic hydroxyl groups is 2. The van der Waals surface area contributed by atoms with Crippen LogP contribution >= 0.6 is 24.2 Å². The number of carbonyl (C=O) groups excluding carboxylic acids is 1. The fourth-order valence-corrected chi connectivity index (χ4v) is 12.5. The average Bonchev–Trinajstić information content (AvgIpc) is 3.74. The van der Waals surface area contributed by atoms with Crippen LogP contribution in [0, 0.1) is 11.8 Å². The molecule has 10 atom stereocenters. The van der Waals surface area contributed by atoms with E-state index in [0.717, 1.165) is 87.5 Å². The second-order valence-electron chi connectivity index (χ2n) is 16.7. The van der Waals surface area contributed by atoms with Crippen LogP contribution in [0.1, 0.15) is 85.8 Å². The number of halogens is 5. The summed E-state index contributed by atoms with van der Waals surface area (Å²) < 4.78 is 56.7. The van der Waals surface area contributed by atoms with Gasteiger partial charge in [-0.2, -0.15) is 13.2 Å². The van der Waals surface area contributed by atoms with Gasteiger partial charge in [-0.25, -0.2) is 5.25 Å². The van der Waals surface area contributed by atoms with E-state index in [2.05, 4.69) is 79.0 Å². The number of piperidine rings is 2. The van der Waals surface area contributed by atoms with E-state index in [1.807, 2.05) is 0 Å². The van der Waals surface area contributed by atoms with Gasteiger partial charge in [-0.05, 0) is 127 Å². The first-order chi connectivity index (χ1) is 27.0. The molecule has 318 valence electrons. The molecule has 8 aliphatic rings. The molecule has 2 spiro atoms. The van der Waals surface area contributed by atoms with Crippen molar-refractivity contribution in [3.05, 3.63) is 57.6 Å². The molecule has 15 heteroatoms. The minimum atomic E-state index is -4.64. The first kappa shape index (κ1) is 44.4. The zero-order valence-corrected chi connectivity index (χ0v) is 34.8. The highest BCUT2D eigenvalue weighted by molar-refractivity contribution is 6.11. The van der Waals surface area contributed by atoms with E-state index < -0.39 is 12.5 Å². The number of likely N-dealkylation sites (tertiary alicyclic amines) is 2. The normalized spacial score (nSPS) is 34.5. The molecule has 4 aliphatic heterocycles. The summed E-state index contributed by atoms with van der Waals surface area (Å²) in [5, 5.41) is 23.6. The number of nitrogens with two attached hydrogens (primary N) is 1. The van der Waals surface area contributed by atoms with Crippen molar-refractivity contribution in [2.75, 3.05) is 40.4 Å². The summed E-state index contributed by atoms with van der Waals surface area (Å²) in [6.07, 6.45) is 4.06. The van der Waals surface area contributed by atoms with Crippen molar-refractivity contribution < 1.29 is 47.1 Å². The topological polar surface area (TPSA) is 127 Å². The number of likely N-dealkylation sites (N-methyl/N-ethyl adjacent to an activating group) is 2. The molecule has 4 heterocycles. The quantitative estimate of drug-likeness (QED) is 0.244. The van der Waals surface area contributed by atoms with Crippen molar-refractivity contribution in [3.8, 4) is 11.5 Å². The largest absolute Gasteiger partial charge is 0.486 e. The van der Waals surface area contributed by atoms with Crippen LogP contribution in [0.4, 0.5) is 13.2 Å². The van der Waals surface area contributed by atoms with Crippen molar-refractivity contribution in [2.24, 2.45) is 17.1 Å². The van der Waals surface area contributed by atoms with Crippen LogP contribution in [0.3, 0.4) is 0 Å². The van der Waals surface area contributed by atoms with Gasteiger partial charge in [0.25, 0.3) is 0 Å². The van der Waals surface area contributed by atoms with Gasteiger partial charge in [-0.3, -0.25) is 4.79 Å². The number of hydrogen-bond donors (Lipinski definition) is 3. The van der Waals surface area contributed by atoms with Crippen LogP contribution in [0.15, 0.2) is 24.3 Å². The summed E-state index contributed by atoms with van der Waals surface area (Å²) in [6, 6.07) is 9.84. The van der Waals surface area contributed by atoms with Crippen LogP contribution < -0.4 is 14.7 Å². The maximum absolute atomic E-state index is 10.4. The standard InChI is InChI=1S/2C20H27NO3.C2HF3O.ClH2N.ClH/c2*1-3-23-16-7-6-14-15-10-12-4-5-13(11-22)18-17(12)20(14,19(16)24-18)8-9-21(15)2;3-2(4,5)1-6;1-2;/h2*4-5,14-16,19,22H,3,6-11H2,1-2H3;1H;2H2;1H/t2*14?,15?,16-,19-,20-;;;/m00.../s1. The highest BCUT2D eigenvalue weighted by Gasteiger charge is 2.67. The average molecular weight is 845 g/mol. The Balaban J connectivity index is 0.000000161. The summed E-state index contributed by atoms with van der Waals surface area (Å²) in [4.78, 5) is 13.8. The van der Waals surface area contributed by atoms with Gasteiger partial charge in [0.05, 0.1) is 25.4 Å². The third-order valence-electron chi connectivity index (χ3n) is 14.5. The highest BCUT2D eigenvalue weighted by Crippen LogP contribution is 2.64. The van der Waals surface area contributed by atoms with Crippen molar-refractivity contribution in [1.29, 1.82) is 0 Å². The van der Waals surface area contributed by atoms with Gasteiger partial charge in [0.15, 0.2) is 0 Å².